The van der Waals surface area contributed by atoms with Crippen molar-refractivity contribution in [1.82, 2.24) is 30.1 Å². The first-order valence-corrected chi connectivity index (χ1v) is 11.2. The van der Waals surface area contributed by atoms with Crippen LogP contribution in [0, 0.1) is 0 Å². The Morgan fingerprint density at radius 1 is 1.16 bits per heavy atom. The number of benzene rings is 1. The Hall–Kier alpha value is -3.63. The minimum atomic E-state index is -0.243. The van der Waals surface area contributed by atoms with Gasteiger partial charge in [0.25, 0.3) is 5.91 Å². The summed E-state index contributed by atoms with van der Waals surface area (Å²) in [5.74, 6) is 0.454. The molecule has 0 atom stereocenters. The minimum absolute atomic E-state index is 0.243. The van der Waals surface area contributed by atoms with Gasteiger partial charge in [-0.25, -0.2) is 15.0 Å². The van der Waals surface area contributed by atoms with E-state index in [2.05, 4.69) is 35.5 Å². The van der Waals surface area contributed by atoms with Crippen LogP contribution in [0.5, 0.6) is 0 Å². The number of aromatic amines is 1. The molecule has 8 nitrogen and oxygen atoms in total. The molecule has 31 heavy (non-hydrogen) atoms. The fourth-order valence-corrected chi connectivity index (χ4v) is 4.64. The summed E-state index contributed by atoms with van der Waals surface area (Å²) in [4.78, 5) is 29.7. The predicted molar refractivity (Wildman–Crippen MR) is 121 cm³/mol. The Labute approximate surface area is 185 Å². The Morgan fingerprint density at radius 3 is 3.03 bits per heavy atom. The number of nitrogens with zero attached hydrogens (tertiary/aromatic N) is 5. The smallest absolute Gasteiger partial charge is 0.275 e. The molecule has 0 aliphatic carbocycles. The number of anilines is 1. The summed E-state index contributed by atoms with van der Waals surface area (Å²) in [5.41, 5.74) is 3.77. The van der Waals surface area contributed by atoms with Crippen LogP contribution in [0.25, 0.3) is 21.6 Å². The standard InChI is InChI=1S/C21H15N7OS2/c29-19(17-11-31-20(27-17)14-4-2-6-22-8-14)26-15-5-1-3-13(7-15)10-30-21-16-9-25-28-18(16)23-12-24-21/h1-9,11-12H,10H2,(H,26,29)(H,23,24,25,28). The number of aromatic nitrogens is 6. The number of carbonyl (C=O) groups is 1. The zero-order valence-corrected chi connectivity index (χ0v) is 17.7. The summed E-state index contributed by atoms with van der Waals surface area (Å²) < 4.78 is 0. The lowest BCUT2D eigenvalue weighted by atomic mass is 10.2. The van der Waals surface area contributed by atoms with Crippen molar-refractivity contribution >= 4 is 45.7 Å². The molecule has 2 N–H and O–H groups in total. The van der Waals surface area contributed by atoms with E-state index in [1.807, 2.05) is 36.4 Å². The number of H-pyrrole nitrogens is 1. The molecule has 0 saturated heterocycles. The Balaban J connectivity index is 1.27. The lowest BCUT2D eigenvalue weighted by Crippen LogP contribution is -2.12. The number of rotatable bonds is 6. The molecule has 0 fully saturated rings. The molecule has 0 spiro atoms. The van der Waals surface area contributed by atoms with Gasteiger partial charge in [-0.3, -0.25) is 14.9 Å². The SMILES string of the molecule is O=C(Nc1cccc(CSc2ncnc3[nH]ncc23)c1)c1csc(-c2cccnc2)n1. The molecular formula is C21H15N7OS2. The number of hydrogen-bond acceptors (Lipinski definition) is 8. The second-order valence-corrected chi connectivity index (χ2v) is 8.36. The van der Waals surface area contributed by atoms with Gasteiger partial charge in [0.05, 0.1) is 11.6 Å². The minimum Gasteiger partial charge on any atom is -0.321 e. The number of nitrogens with one attached hydrogen (secondary N) is 2. The largest absolute Gasteiger partial charge is 0.321 e. The van der Waals surface area contributed by atoms with Gasteiger partial charge in [0.2, 0.25) is 0 Å². The normalized spacial score (nSPS) is 11.0. The molecule has 10 heteroatoms. The van der Waals surface area contributed by atoms with Crippen molar-refractivity contribution < 1.29 is 4.79 Å². The van der Waals surface area contributed by atoms with Gasteiger partial charge in [0.15, 0.2) is 5.65 Å². The van der Waals surface area contributed by atoms with Crippen LogP contribution in [0.15, 0.2) is 71.7 Å². The van der Waals surface area contributed by atoms with E-state index in [0.29, 0.717) is 17.1 Å². The van der Waals surface area contributed by atoms with Crippen LogP contribution in [0.1, 0.15) is 16.1 Å². The van der Waals surface area contributed by atoms with E-state index in [-0.39, 0.29) is 5.91 Å². The van der Waals surface area contributed by atoms with Crippen LogP contribution in [0.3, 0.4) is 0 Å². The number of thioether (sulfide) groups is 1. The van der Waals surface area contributed by atoms with E-state index < -0.39 is 0 Å². The summed E-state index contributed by atoms with van der Waals surface area (Å²) in [6.45, 7) is 0. The summed E-state index contributed by atoms with van der Waals surface area (Å²) in [5, 5.41) is 14.1. The van der Waals surface area contributed by atoms with Crippen LogP contribution >= 0.6 is 23.1 Å². The van der Waals surface area contributed by atoms with Crippen molar-refractivity contribution in [3.8, 4) is 10.6 Å². The van der Waals surface area contributed by atoms with Gasteiger partial charge in [-0.2, -0.15) is 5.10 Å². The van der Waals surface area contributed by atoms with Crippen molar-refractivity contribution in [2.75, 3.05) is 5.32 Å². The average Bonchev–Trinajstić information content (AvgIpc) is 3.49. The lowest BCUT2D eigenvalue weighted by molar-refractivity contribution is 0.102. The molecule has 1 aromatic carbocycles. The third-order valence-electron chi connectivity index (χ3n) is 4.42. The fraction of sp³-hybridized carbons (Fsp3) is 0.0476. The number of pyridine rings is 1. The molecule has 4 heterocycles. The molecule has 0 aliphatic heterocycles. The van der Waals surface area contributed by atoms with Gasteiger partial charge in [-0.15, -0.1) is 23.1 Å². The molecule has 0 unspecified atom stereocenters. The number of hydrogen-bond donors (Lipinski definition) is 2. The highest BCUT2D eigenvalue weighted by atomic mass is 32.2. The average molecular weight is 446 g/mol. The number of thiazole rings is 1. The summed E-state index contributed by atoms with van der Waals surface area (Å²) in [6, 6.07) is 11.5. The van der Waals surface area contributed by atoms with E-state index in [0.717, 1.165) is 32.2 Å². The molecule has 152 valence electrons. The third kappa shape index (κ3) is 4.30. The Bertz CT molecular complexity index is 1350. The van der Waals surface area contributed by atoms with Crippen molar-refractivity contribution in [2.24, 2.45) is 0 Å². The quantitative estimate of drug-likeness (QED) is 0.294. The van der Waals surface area contributed by atoms with E-state index in [1.54, 1.807) is 35.7 Å². The third-order valence-corrected chi connectivity index (χ3v) is 6.38. The number of fused-ring (bicyclic) bond motifs is 1. The van der Waals surface area contributed by atoms with E-state index in [9.17, 15) is 4.79 Å². The first kappa shape index (κ1) is 19.3. The van der Waals surface area contributed by atoms with Gasteiger partial charge in [0, 0.05) is 34.8 Å². The molecule has 5 rings (SSSR count). The molecule has 0 bridgehead atoms. The van der Waals surface area contributed by atoms with Crippen LogP contribution in [0.2, 0.25) is 0 Å². The maximum atomic E-state index is 12.7. The lowest BCUT2D eigenvalue weighted by Gasteiger charge is -2.07. The van der Waals surface area contributed by atoms with E-state index >= 15 is 0 Å². The van der Waals surface area contributed by atoms with Crippen LogP contribution < -0.4 is 5.32 Å². The first-order valence-electron chi connectivity index (χ1n) is 9.29. The van der Waals surface area contributed by atoms with Crippen LogP contribution in [0.4, 0.5) is 5.69 Å². The van der Waals surface area contributed by atoms with Crippen molar-refractivity contribution in [1.29, 1.82) is 0 Å². The monoisotopic (exact) mass is 445 g/mol. The zero-order chi connectivity index (χ0) is 21.0. The van der Waals surface area contributed by atoms with Crippen LogP contribution in [-0.2, 0) is 5.75 Å². The van der Waals surface area contributed by atoms with E-state index in [4.69, 9.17) is 0 Å². The van der Waals surface area contributed by atoms with Gasteiger partial charge in [-0.1, -0.05) is 12.1 Å². The first-order chi connectivity index (χ1) is 15.3. The number of carbonyl (C=O) groups excluding carboxylic acids is 1. The second kappa shape index (κ2) is 8.62. The number of amides is 1. The summed E-state index contributed by atoms with van der Waals surface area (Å²) in [7, 11) is 0. The molecule has 0 saturated carbocycles. The van der Waals surface area contributed by atoms with Gasteiger partial charge >= 0.3 is 0 Å². The zero-order valence-electron chi connectivity index (χ0n) is 16.0. The second-order valence-electron chi connectivity index (χ2n) is 6.53. The van der Waals surface area contributed by atoms with Crippen molar-refractivity contribution in [3.05, 3.63) is 78.0 Å². The maximum absolute atomic E-state index is 12.7. The van der Waals surface area contributed by atoms with Gasteiger partial charge in [-0.05, 0) is 29.8 Å². The molecule has 0 aliphatic rings. The molecule has 1 amide bonds. The maximum Gasteiger partial charge on any atom is 0.275 e. The Morgan fingerprint density at radius 2 is 2.13 bits per heavy atom. The summed E-state index contributed by atoms with van der Waals surface area (Å²) in [6.07, 6.45) is 6.68. The van der Waals surface area contributed by atoms with Crippen molar-refractivity contribution in [3.63, 3.8) is 0 Å². The molecule has 5 aromatic rings. The van der Waals surface area contributed by atoms with Gasteiger partial charge < -0.3 is 5.32 Å². The summed E-state index contributed by atoms with van der Waals surface area (Å²) >= 11 is 3.01. The highest BCUT2D eigenvalue weighted by Crippen LogP contribution is 2.27. The van der Waals surface area contributed by atoms with E-state index in [1.165, 1.54) is 17.7 Å². The van der Waals surface area contributed by atoms with Crippen molar-refractivity contribution in [2.45, 2.75) is 10.8 Å². The molecule has 0 radical (unpaired) electrons. The topological polar surface area (TPSA) is 109 Å². The van der Waals surface area contributed by atoms with Crippen LogP contribution in [-0.4, -0.2) is 36.0 Å². The molecule has 4 aromatic heterocycles. The Kier molecular flexibility index (Phi) is 5.38. The fourth-order valence-electron chi connectivity index (χ4n) is 2.94. The highest BCUT2D eigenvalue weighted by molar-refractivity contribution is 7.98. The predicted octanol–water partition coefficient (Wildman–Crippen LogP) is 4.42. The molecular weight excluding hydrogens is 430 g/mol. The highest BCUT2D eigenvalue weighted by Gasteiger charge is 2.13. The van der Waals surface area contributed by atoms with Gasteiger partial charge in [0.1, 0.15) is 22.1 Å².